The van der Waals surface area contributed by atoms with Gasteiger partial charge in [0, 0.05) is 11.6 Å². The first-order valence-corrected chi connectivity index (χ1v) is 6.28. The molecule has 0 aliphatic heterocycles. The van der Waals surface area contributed by atoms with Gasteiger partial charge in [-0.25, -0.2) is 0 Å². The predicted molar refractivity (Wildman–Crippen MR) is 67.2 cm³/mol. The summed E-state index contributed by atoms with van der Waals surface area (Å²) in [6, 6.07) is 1.25. The number of phenolic OH excluding ortho intramolecular Hbond substituents is 1. The second-order valence-electron chi connectivity index (χ2n) is 4.59. The van der Waals surface area contributed by atoms with Crippen molar-refractivity contribution in [3.8, 4) is 5.75 Å². The number of benzene rings is 1. The van der Waals surface area contributed by atoms with E-state index in [-0.39, 0.29) is 16.0 Å². The van der Waals surface area contributed by atoms with Crippen LogP contribution in [0.5, 0.6) is 5.75 Å². The van der Waals surface area contributed by atoms with Crippen LogP contribution in [0.4, 0.5) is 13.2 Å². The zero-order valence-corrected chi connectivity index (χ0v) is 11.6. The molecule has 0 amide bonds. The van der Waals surface area contributed by atoms with Crippen LogP contribution < -0.4 is 5.73 Å². The average Bonchev–Trinajstić information content (AvgIpc) is 2.18. The lowest BCUT2D eigenvalue weighted by Crippen LogP contribution is -2.19. The second kappa shape index (κ2) is 5.48. The van der Waals surface area contributed by atoms with Crippen LogP contribution in [0.15, 0.2) is 16.6 Å². The Kier molecular flexibility index (Phi) is 4.66. The molecular weight excluding hydrogens is 311 g/mol. The second-order valence-corrected chi connectivity index (χ2v) is 5.45. The maximum absolute atomic E-state index is 12.9. The topological polar surface area (TPSA) is 46.2 Å². The third kappa shape index (κ3) is 3.38. The quantitative estimate of drug-likeness (QED) is 0.874. The highest BCUT2D eigenvalue weighted by atomic mass is 79.9. The molecule has 0 radical (unpaired) electrons. The Morgan fingerprint density at radius 2 is 1.89 bits per heavy atom. The van der Waals surface area contributed by atoms with E-state index in [1.165, 1.54) is 6.07 Å². The molecule has 0 unspecified atom stereocenters. The summed E-state index contributed by atoms with van der Waals surface area (Å²) >= 11 is 3.01. The molecule has 1 aromatic carbocycles. The molecule has 0 aliphatic carbocycles. The van der Waals surface area contributed by atoms with E-state index in [0.717, 1.165) is 6.07 Å². The monoisotopic (exact) mass is 325 g/mol. The zero-order chi connectivity index (χ0) is 14.1. The lowest BCUT2D eigenvalue weighted by Gasteiger charge is -2.21. The predicted octanol–water partition coefficient (Wildman–Crippen LogP) is 4.22. The maximum atomic E-state index is 12.9. The molecule has 0 aromatic heterocycles. The Morgan fingerprint density at radius 3 is 2.33 bits per heavy atom. The van der Waals surface area contributed by atoms with Crippen LogP contribution in [-0.4, -0.2) is 5.11 Å². The lowest BCUT2D eigenvalue weighted by atomic mass is 9.93. The van der Waals surface area contributed by atoms with Gasteiger partial charge in [-0.05, 0) is 40.4 Å². The fourth-order valence-electron chi connectivity index (χ4n) is 1.83. The van der Waals surface area contributed by atoms with Crippen molar-refractivity contribution >= 4 is 15.9 Å². The van der Waals surface area contributed by atoms with Gasteiger partial charge in [0.25, 0.3) is 0 Å². The van der Waals surface area contributed by atoms with Crippen LogP contribution in [0.1, 0.15) is 37.4 Å². The maximum Gasteiger partial charge on any atom is 0.416 e. The van der Waals surface area contributed by atoms with Crippen LogP contribution in [-0.2, 0) is 6.18 Å². The van der Waals surface area contributed by atoms with E-state index < -0.39 is 23.5 Å². The molecule has 2 nitrogen and oxygen atoms in total. The van der Waals surface area contributed by atoms with Gasteiger partial charge in [0.2, 0.25) is 0 Å². The molecule has 18 heavy (non-hydrogen) atoms. The number of rotatable bonds is 3. The van der Waals surface area contributed by atoms with Crippen LogP contribution in [0.2, 0.25) is 0 Å². The van der Waals surface area contributed by atoms with Gasteiger partial charge < -0.3 is 10.8 Å². The highest BCUT2D eigenvalue weighted by Crippen LogP contribution is 2.42. The molecule has 1 rings (SSSR count). The summed E-state index contributed by atoms with van der Waals surface area (Å²) in [4.78, 5) is 0. The molecule has 0 saturated carbocycles. The summed E-state index contributed by atoms with van der Waals surface area (Å²) < 4.78 is 38.8. The Hall–Kier alpha value is -0.750. The first-order chi connectivity index (χ1) is 8.14. The van der Waals surface area contributed by atoms with Crippen molar-refractivity contribution < 1.29 is 18.3 Å². The molecule has 0 spiro atoms. The minimum absolute atomic E-state index is 0.138. The third-order valence-electron chi connectivity index (χ3n) is 2.57. The minimum atomic E-state index is -4.53. The van der Waals surface area contributed by atoms with E-state index in [0.29, 0.717) is 6.42 Å². The van der Waals surface area contributed by atoms with E-state index in [1.54, 1.807) is 0 Å². The molecule has 0 fully saturated rings. The van der Waals surface area contributed by atoms with Crippen LogP contribution in [0.3, 0.4) is 0 Å². The van der Waals surface area contributed by atoms with Crippen molar-refractivity contribution in [2.75, 3.05) is 0 Å². The van der Waals surface area contributed by atoms with E-state index in [2.05, 4.69) is 15.9 Å². The normalized spacial score (nSPS) is 14.0. The van der Waals surface area contributed by atoms with E-state index in [4.69, 9.17) is 5.73 Å². The van der Waals surface area contributed by atoms with Crippen LogP contribution in [0, 0.1) is 5.92 Å². The van der Waals surface area contributed by atoms with Crippen molar-refractivity contribution in [2.45, 2.75) is 32.5 Å². The standard InChI is InChI=1S/C12H15BrF3NO/c1-6(2)5-9(17)10-7(12(14,15)16)3-4-8(13)11(10)18/h3-4,6,9,18H,5,17H2,1-2H3/t9-/m0/s1. The summed E-state index contributed by atoms with van der Waals surface area (Å²) in [6.07, 6.45) is -4.16. The zero-order valence-electron chi connectivity index (χ0n) is 10.1. The van der Waals surface area contributed by atoms with Gasteiger partial charge in [0.1, 0.15) is 5.75 Å². The first kappa shape index (κ1) is 15.3. The highest BCUT2D eigenvalue weighted by Gasteiger charge is 2.36. The summed E-state index contributed by atoms with van der Waals surface area (Å²) in [5.41, 5.74) is 4.66. The summed E-state index contributed by atoms with van der Waals surface area (Å²) in [7, 11) is 0. The van der Waals surface area contributed by atoms with Crippen molar-refractivity contribution in [1.29, 1.82) is 0 Å². The number of hydrogen-bond acceptors (Lipinski definition) is 2. The Morgan fingerprint density at radius 1 is 1.33 bits per heavy atom. The van der Waals surface area contributed by atoms with Crippen molar-refractivity contribution in [1.82, 2.24) is 0 Å². The lowest BCUT2D eigenvalue weighted by molar-refractivity contribution is -0.138. The Labute approximate surface area is 112 Å². The number of hydrogen-bond donors (Lipinski definition) is 2. The van der Waals surface area contributed by atoms with Crippen molar-refractivity contribution in [3.63, 3.8) is 0 Å². The Bertz CT molecular complexity index is 432. The number of aromatic hydroxyl groups is 1. The molecule has 0 saturated heterocycles. The minimum Gasteiger partial charge on any atom is -0.506 e. The van der Waals surface area contributed by atoms with E-state index in [1.807, 2.05) is 13.8 Å². The van der Waals surface area contributed by atoms with Crippen LogP contribution in [0.25, 0.3) is 0 Å². The molecule has 0 bridgehead atoms. The fraction of sp³-hybridized carbons (Fsp3) is 0.500. The molecular formula is C12H15BrF3NO. The number of phenols is 1. The molecule has 0 heterocycles. The van der Waals surface area contributed by atoms with Gasteiger partial charge in [-0.15, -0.1) is 0 Å². The van der Waals surface area contributed by atoms with E-state index >= 15 is 0 Å². The third-order valence-corrected chi connectivity index (χ3v) is 3.21. The number of alkyl halides is 3. The first-order valence-electron chi connectivity index (χ1n) is 5.48. The summed E-state index contributed by atoms with van der Waals surface area (Å²) in [5, 5.41) is 9.80. The molecule has 102 valence electrons. The van der Waals surface area contributed by atoms with E-state index in [9.17, 15) is 18.3 Å². The summed E-state index contributed by atoms with van der Waals surface area (Å²) in [6.45, 7) is 3.73. The van der Waals surface area contributed by atoms with Gasteiger partial charge >= 0.3 is 6.18 Å². The SMILES string of the molecule is CC(C)C[C@H](N)c1c(C(F)(F)F)ccc(Br)c1O. The molecule has 6 heteroatoms. The van der Waals surface area contributed by atoms with Gasteiger partial charge in [0.15, 0.2) is 0 Å². The van der Waals surface area contributed by atoms with Gasteiger partial charge in [0.05, 0.1) is 10.0 Å². The summed E-state index contributed by atoms with van der Waals surface area (Å²) in [5.74, 6) is -0.294. The molecule has 1 atom stereocenters. The smallest absolute Gasteiger partial charge is 0.416 e. The largest absolute Gasteiger partial charge is 0.506 e. The molecule has 1 aromatic rings. The highest BCUT2D eigenvalue weighted by molar-refractivity contribution is 9.10. The Balaban J connectivity index is 3.34. The van der Waals surface area contributed by atoms with Gasteiger partial charge in [-0.2, -0.15) is 13.2 Å². The fourth-order valence-corrected chi connectivity index (χ4v) is 2.18. The van der Waals surface area contributed by atoms with Crippen molar-refractivity contribution in [3.05, 3.63) is 27.7 Å². The van der Waals surface area contributed by atoms with Gasteiger partial charge in [-0.3, -0.25) is 0 Å². The molecule has 0 aliphatic rings. The van der Waals surface area contributed by atoms with Crippen LogP contribution >= 0.6 is 15.9 Å². The number of halogens is 4. The van der Waals surface area contributed by atoms with Gasteiger partial charge in [-0.1, -0.05) is 13.8 Å². The molecule has 3 N–H and O–H groups in total. The average molecular weight is 326 g/mol. The van der Waals surface area contributed by atoms with Crippen molar-refractivity contribution in [2.24, 2.45) is 11.7 Å². The number of nitrogens with two attached hydrogens (primary N) is 1.